The minimum absolute atomic E-state index is 1.06. The third-order valence-electron chi connectivity index (χ3n) is 2.94. The minimum Gasteiger partial charge on any atom is -0.316 e. The zero-order valence-corrected chi connectivity index (χ0v) is 10.8. The lowest BCUT2D eigenvalue weighted by Crippen LogP contribution is -2.30. The quantitative estimate of drug-likeness (QED) is 0.708. The third kappa shape index (κ3) is 4.77. The van der Waals surface area contributed by atoms with Gasteiger partial charge in [0.2, 0.25) is 0 Å². The molecule has 0 aliphatic carbocycles. The SMILES string of the molecule is CCNCCN(C)CCc1ccccc1C. The van der Waals surface area contributed by atoms with Gasteiger partial charge in [0.25, 0.3) is 0 Å². The van der Waals surface area contributed by atoms with Crippen molar-refractivity contribution < 1.29 is 0 Å². The molecule has 0 amide bonds. The van der Waals surface area contributed by atoms with Crippen LogP contribution in [0, 0.1) is 6.92 Å². The Morgan fingerprint density at radius 3 is 2.62 bits per heavy atom. The molecule has 0 saturated carbocycles. The summed E-state index contributed by atoms with van der Waals surface area (Å²) in [6.45, 7) is 8.74. The van der Waals surface area contributed by atoms with Crippen LogP contribution in [0.3, 0.4) is 0 Å². The highest BCUT2D eigenvalue weighted by Gasteiger charge is 2.00. The van der Waals surface area contributed by atoms with E-state index in [1.807, 2.05) is 0 Å². The van der Waals surface area contributed by atoms with E-state index in [4.69, 9.17) is 0 Å². The Morgan fingerprint density at radius 2 is 1.94 bits per heavy atom. The standard InChI is InChI=1S/C14H24N2/c1-4-15-10-12-16(3)11-9-14-8-6-5-7-13(14)2/h5-8,15H,4,9-12H2,1-3H3. The zero-order chi connectivity index (χ0) is 11.8. The maximum Gasteiger partial charge on any atom is 0.0104 e. The highest BCUT2D eigenvalue weighted by molar-refractivity contribution is 5.25. The maximum atomic E-state index is 3.35. The summed E-state index contributed by atoms with van der Waals surface area (Å²) in [6.07, 6.45) is 1.15. The maximum absolute atomic E-state index is 3.35. The van der Waals surface area contributed by atoms with Crippen LogP contribution in [0.4, 0.5) is 0 Å². The zero-order valence-electron chi connectivity index (χ0n) is 10.8. The second-order valence-corrected chi connectivity index (χ2v) is 4.33. The lowest BCUT2D eigenvalue weighted by molar-refractivity contribution is 0.337. The van der Waals surface area contributed by atoms with Crippen molar-refractivity contribution in [1.82, 2.24) is 10.2 Å². The van der Waals surface area contributed by atoms with Gasteiger partial charge in [0, 0.05) is 19.6 Å². The van der Waals surface area contributed by atoms with Crippen LogP contribution < -0.4 is 5.32 Å². The van der Waals surface area contributed by atoms with Gasteiger partial charge in [0.05, 0.1) is 0 Å². The highest BCUT2D eigenvalue weighted by atomic mass is 15.1. The molecule has 90 valence electrons. The summed E-state index contributed by atoms with van der Waals surface area (Å²) in [7, 11) is 2.19. The van der Waals surface area contributed by atoms with Crippen molar-refractivity contribution in [3.8, 4) is 0 Å². The Kier molecular flexibility index (Phi) is 6.12. The van der Waals surface area contributed by atoms with Crippen LogP contribution >= 0.6 is 0 Å². The van der Waals surface area contributed by atoms with Gasteiger partial charge in [0.15, 0.2) is 0 Å². The topological polar surface area (TPSA) is 15.3 Å². The Morgan fingerprint density at radius 1 is 1.19 bits per heavy atom. The van der Waals surface area contributed by atoms with Gasteiger partial charge >= 0.3 is 0 Å². The number of hydrogen-bond acceptors (Lipinski definition) is 2. The Bertz CT molecular complexity index is 297. The number of likely N-dealkylation sites (N-methyl/N-ethyl adjacent to an activating group) is 2. The van der Waals surface area contributed by atoms with Crippen molar-refractivity contribution in [3.63, 3.8) is 0 Å². The summed E-state index contributed by atoms with van der Waals surface area (Å²) < 4.78 is 0. The number of nitrogens with one attached hydrogen (secondary N) is 1. The van der Waals surface area contributed by atoms with Gasteiger partial charge < -0.3 is 10.2 Å². The second-order valence-electron chi connectivity index (χ2n) is 4.33. The molecule has 0 fully saturated rings. The number of rotatable bonds is 7. The van der Waals surface area contributed by atoms with Gasteiger partial charge in [-0.05, 0) is 38.1 Å². The Labute approximate surface area is 99.7 Å². The first kappa shape index (κ1) is 13.2. The number of hydrogen-bond donors (Lipinski definition) is 1. The molecule has 0 spiro atoms. The van der Waals surface area contributed by atoms with Crippen LogP contribution in [0.1, 0.15) is 18.1 Å². The molecule has 1 rings (SSSR count). The van der Waals surface area contributed by atoms with E-state index < -0.39 is 0 Å². The van der Waals surface area contributed by atoms with E-state index in [0.717, 1.165) is 32.6 Å². The fourth-order valence-corrected chi connectivity index (χ4v) is 1.76. The monoisotopic (exact) mass is 220 g/mol. The highest BCUT2D eigenvalue weighted by Crippen LogP contribution is 2.07. The first-order chi connectivity index (χ1) is 7.74. The predicted octanol–water partition coefficient (Wildman–Crippen LogP) is 2.08. The van der Waals surface area contributed by atoms with Crippen LogP contribution in [-0.4, -0.2) is 38.1 Å². The number of aryl methyl sites for hydroxylation is 1. The van der Waals surface area contributed by atoms with E-state index in [1.54, 1.807) is 0 Å². The van der Waals surface area contributed by atoms with Crippen LogP contribution in [-0.2, 0) is 6.42 Å². The summed E-state index contributed by atoms with van der Waals surface area (Å²) in [4.78, 5) is 2.38. The van der Waals surface area contributed by atoms with Gasteiger partial charge in [-0.15, -0.1) is 0 Å². The fourth-order valence-electron chi connectivity index (χ4n) is 1.76. The summed E-state index contributed by atoms with van der Waals surface area (Å²) >= 11 is 0. The average molecular weight is 220 g/mol. The molecule has 1 aromatic carbocycles. The first-order valence-electron chi connectivity index (χ1n) is 6.17. The molecule has 0 aliphatic rings. The van der Waals surface area contributed by atoms with Crippen LogP contribution in [0.5, 0.6) is 0 Å². The van der Waals surface area contributed by atoms with E-state index in [-0.39, 0.29) is 0 Å². The normalized spacial score (nSPS) is 11.0. The molecule has 0 atom stereocenters. The fraction of sp³-hybridized carbons (Fsp3) is 0.571. The molecule has 1 aromatic rings. The smallest absolute Gasteiger partial charge is 0.0104 e. The molecule has 0 aliphatic heterocycles. The molecule has 2 nitrogen and oxygen atoms in total. The Hall–Kier alpha value is -0.860. The van der Waals surface area contributed by atoms with Crippen molar-refractivity contribution in [2.24, 2.45) is 0 Å². The van der Waals surface area contributed by atoms with Crippen molar-refractivity contribution in [1.29, 1.82) is 0 Å². The van der Waals surface area contributed by atoms with Crippen LogP contribution in [0.15, 0.2) is 24.3 Å². The molecule has 1 N–H and O–H groups in total. The molecule has 2 heteroatoms. The largest absolute Gasteiger partial charge is 0.316 e. The van der Waals surface area contributed by atoms with E-state index in [1.165, 1.54) is 11.1 Å². The lowest BCUT2D eigenvalue weighted by Gasteiger charge is -2.17. The number of nitrogens with zero attached hydrogens (tertiary/aromatic N) is 1. The summed E-state index contributed by atoms with van der Waals surface area (Å²) in [5.74, 6) is 0. The van der Waals surface area contributed by atoms with E-state index >= 15 is 0 Å². The molecule has 0 bridgehead atoms. The van der Waals surface area contributed by atoms with Crippen molar-refractivity contribution in [2.45, 2.75) is 20.3 Å². The van der Waals surface area contributed by atoms with E-state index in [9.17, 15) is 0 Å². The molecule has 0 radical (unpaired) electrons. The summed E-state index contributed by atoms with van der Waals surface area (Å²) in [5, 5.41) is 3.35. The van der Waals surface area contributed by atoms with Crippen molar-refractivity contribution in [2.75, 3.05) is 33.2 Å². The third-order valence-corrected chi connectivity index (χ3v) is 2.94. The van der Waals surface area contributed by atoms with Gasteiger partial charge in [-0.2, -0.15) is 0 Å². The van der Waals surface area contributed by atoms with Crippen molar-refractivity contribution in [3.05, 3.63) is 35.4 Å². The van der Waals surface area contributed by atoms with Gasteiger partial charge in [0.1, 0.15) is 0 Å². The number of benzene rings is 1. The molecule has 0 unspecified atom stereocenters. The molecule has 0 aromatic heterocycles. The van der Waals surface area contributed by atoms with Crippen LogP contribution in [0.25, 0.3) is 0 Å². The van der Waals surface area contributed by atoms with Gasteiger partial charge in [-0.1, -0.05) is 31.2 Å². The van der Waals surface area contributed by atoms with Crippen LogP contribution in [0.2, 0.25) is 0 Å². The Balaban J connectivity index is 2.26. The molecular formula is C14H24N2. The summed E-state index contributed by atoms with van der Waals surface area (Å²) in [6, 6.07) is 8.65. The van der Waals surface area contributed by atoms with Gasteiger partial charge in [-0.25, -0.2) is 0 Å². The molecule has 0 heterocycles. The minimum atomic E-state index is 1.06. The van der Waals surface area contributed by atoms with E-state index in [0.29, 0.717) is 0 Å². The molecule has 16 heavy (non-hydrogen) atoms. The lowest BCUT2D eigenvalue weighted by atomic mass is 10.1. The van der Waals surface area contributed by atoms with Gasteiger partial charge in [-0.3, -0.25) is 0 Å². The predicted molar refractivity (Wildman–Crippen MR) is 70.9 cm³/mol. The van der Waals surface area contributed by atoms with E-state index in [2.05, 4.69) is 55.4 Å². The second kappa shape index (κ2) is 7.42. The molecule has 0 saturated heterocycles. The van der Waals surface area contributed by atoms with Crippen molar-refractivity contribution >= 4 is 0 Å². The first-order valence-corrected chi connectivity index (χ1v) is 6.17. The average Bonchev–Trinajstić information content (AvgIpc) is 2.28. The molecular weight excluding hydrogens is 196 g/mol. The summed E-state index contributed by atoms with van der Waals surface area (Å²) in [5.41, 5.74) is 2.88.